The minimum absolute atomic E-state index is 0.0752. The van der Waals surface area contributed by atoms with Gasteiger partial charge in [0.1, 0.15) is 18.4 Å². The van der Waals surface area contributed by atoms with Crippen molar-refractivity contribution in [2.75, 3.05) is 19.7 Å². The number of carbonyl (C=O) groups is 1. The summed E-state index contributed by atoms with van der Waals surface area (Å²) < 4.78 is 7.60. The molecule has 7 heteroatoms. The maximum atomic E-state index is 12.6. The largest absolute Gasteiger partial charge is 0.494 e. The van der Waals surface area contributed by atoms with Crippen LogP contribution in [-0.2, 0) is 6.54 Å². The van der Waals surface area contributed by atoms with Gasteiger partial charge in [-0.15, -0.1) is 10.2 Å². The molecule has 0 unspecified atom stereocenters. The Balaban J connectivity index is 1.23. The lowest BCUT2D eigenvalue weighted by Gasteiger charge is -2.32. The molecule has 1 N–H and O–H groups in total. The lowest BCUT2D eigenvalue weighted by Crippen LogP contribution is -2.45. The number of carbonyl (C=O) groups excluding carboxylic acids is 1. The number of aromatic nitrogens is 3. The predicted molar refractivity (Wildman–Crippen MR) is 102 cm³/mol. The molecule has 4 rings (SSSR count). The lowest BCUT2D eigenvalue weighted by molar-refractivity contribution is 0.165. The number of nitrogens with zero attached hydrogens (tertiary/aromatic N) is 4. The molecule has 1 saturated heterocycles. The highest BCUT2D eigenvalue weighted by molar-refractivity contribution is 5.75. The normalized spacial score (nSPS) is 22.5. The molecule has 1 aromatic heterocycles. The van der Waals surface area contributed by atoms with Crippen LogP contribution in [0.2, 0.25) is 0 Å². The molecule has 0 bridgehead atoms. The minimum Gasteiger partial charge on any atom is -0.494 e. The quantitative estimate of drug-likeness (QED) is 0.850. The van der Waals surface area contributed by atoms with Gasteiger partial charge in [0, 0.05) is 31.6 Å². The number of urea groups is 1. The van der Waals surface area contributed by atoms with Crippen molar-refractivity contribution in [2.24, 2.45) is 5.92 Å². The van der Waals surface area contributed by atoms with Gasteiger partial charge in [-0.3, -0.25) is 0 Å². The Hall–Kier alpha value is -2.57. The molecule has 2 amide bonds. The highest BCUT2D eigenvalue weighted by Gasteiger charge is 2.40. The summed E-state index contributed by atoms with van der Waals surface area (Å²) in [6.07, 6.45) is 6.57. The molecule has 2 aliphatic rings. The van der Waals surface area contributed by atoms with E-state index in [1.807, 2.05) is 28.5 Å². The number of hydrogen-bond acceptors (Lipinski definition) is 4. The van der Waals surface area contributed by atoms with Crippen LogP contribution in [0.5, 0.6) is 5.75 Å². The first kappa shape index (κ1) is 17.8. The molecular weight excluding hydrogens is 342 g/mol. The molecule has 2 heterocycles. The molecule has 1 aliphatic heterocycles. The van der Waals surface area contributed by atoms with E-state index in [1.165, 1.54) is 5.56 Å². The van der Waals surface area contributed by atoms with Gasteiger partial charge in [-0.2, -0.15) is 0 Å². The molecule has 1 saturated carbocycles. The summed E-state index contributed by atoms with van der Waals surface area (Å²) in [7, 11) is 0. The molecule has 7 nitrogen and oxygen atoms in total. The van der Waals surface area contributed by atoms with E-state index in [-0.39, 0.29) is 12.1 Å². The van der Waals surface area contributed by atoms with Crippen molar-refractivity contribution in [3.8, 4) is 5.75 Å². The van der Waals surface area contributed by atoms with Crippen molar-refractivity contribution in [1.29, 1.82) is 0 Å². The maximum Gasteiger partial charge on any atom is 0.317 e. The van der Waals surface area contributed by atoms with E-state index in [1.54, 1.807) is 12.7 Å². The molecule has 1 aromatic carbocycles. The van der Waals surface area contributed by atoms with Crippen LogP contribution in [0.25, 0.3) is 0 Å². The summed E-state index contributed by atoms with van der Waals surface area (Å²) in [4.78, 5) is 14.5. The van der Waals surface area contributed by atoms with Crippen molar-refractivity contribution in [1.82, 2.24) is 25.0 Å². The molecular formula is C20H27N5O2. The van der Waals surface area contributed by atoms with Crippen LogP contribution < -0.4 is 10.1 Å². The average Bonchev–Trinajstić information content (AvgIpc) is 3.26. The first-order valence-corrected chi connectivity index (χ1v) is 9.83. The van der Waals surface area contributed by atoms with Gasteiger partial charge >= 0.3 is 6.03 Å². The number of nitrogens with one attached hydrogen (secondary N) is 1. The predicted octanol–water partition coefficient (Wildman–Crippen LogP) is 2.65. The van der Waals surface area contributed by atoms with Gasteiger partial charge in [0.2, 0.25) is 0 Å². The summed E-state index contributed by atoms with van der Waals surface area (Å²) in [5.41, 5.74) is 1.25. The zero-order valence-electron chi connectivity index (χ0n) is 15.8. The van der Waals surface area contributed by atoms with Gasteiger partial charge in [0.05, 0.1) is 6.61 Å². The number of hydrogen-bond donors (Lipinski definition) is 1. The van der Waals surface area contributed by atoms with Gasteiger partial charge in [-0.25, -0.2) is 4.79 Å². The molecule has 0 radical (unpaired) electrons. The van der Waals surface area contributed by atoms with E-state index in [9.17, 15) is 4.79 Å². The van der Waals surface area contributed by atoms with Gasteiger partial charge in [-0.05, 0) is 49.8 Å². The fraction of sp³-hybridized carbons (Fsp3) is 0.550. The van der Waals surface area contributed by atoms with Gasteiger partial charge < -0.3 is 19.5 Å². The van der Waals surface area contributed by atoms with Crippen molar-refractivity contribution >= 4 is 6.03 Å². The summed E-state index contributed by atoms with van der Waals surface area (Å²) in [6.45, 7) is 5.22. The number of piperidine rings is 1. The lowest BCUT2D eigenvalue weighted by atomic mass is 9.97. The number of amides is 2. The third-order valence-corrected chi connectivity index (χ3v) is 5.53. The van der Waals surface area contributed by atoms with E-state index in [4.69, 9.17) is 4.74 Å². The number of benzene rings is 1. The highest BCUT2D eigenvalue weighted by atomic mass is 16.5. The Morgan fingerprint density at radius 2 is 2.04 bits per heavy atom. The molecule has 2 fully saturated rings. The topological polar surface area (TPSA) is 72.3 Å². The molecule has 2 atom stereocenters. The van der Waals surface area contributed by atoms with E-state index in [0.29, 0.717) is 18.4 Å². The Kier molecular flexibility index (Phi) is 5.27. The van der Waals surface area contributed by atoms with Crippen molar-refractivity contribution < 1.29 is 9.53 Å². The standard InChI is InChI=1S/C20H27N5O2/c1-2-27-17-5-3-4-16(10-17)18-11-19(18)23-20(26)25-8-6-15(7-9-25)12-24-13-21-22-14-24/h3-5,10,13-15,18-19H,2,6-9,11-12H2,1H3,(H,23,26)/t18-,19+/m0/s1. The van der Waals surface area contributed by atoms with Gasteiger partial charge in [0.15, 0.2) is 0 Å². The van der Waals surface area contributed by atoms with Crippen LogP contribution in [0.15, 0.2) is 36.9 Å². The Labute approximate surface area is 159 Å². The number of rotatable bonds is 6. The van der Waals surface area contributed by atoms with Crippen LogP contribution in [0.3, 0.4) is 0 Å². The number of likely N-dealkylation sites (tertiary alicyclic amines) is 1. The van der Waals surface area contributed by atoms with Crippen molar-refractivity contribution in [2.45, 2.75) is 44.7 Å². The molecule has 144 valence electrons. The second-order valence-corrected chi connectivity index (χ2v) is 7.49. The van der Waals surface area contributed by atoms with Crippen molar-refractivity contribution in [3.63, 3.8) is 0 Å². The zero-order chi connectivity index (χ0) is 18.6. The summed E-state index contributed by atoms with van der Waals surface area (Å²) in [5, 5.41) is 10.9. The number of ether oxygens (including phenoxy) is 1. The van der Waals surface area contributed by atoms with E-state index in [2.05, 4.69) is 27.6 Å². The Morgan fingerprint density at radius 1 is 1.26 bits per heavy atom. The third-order valence-electron chi connectivity index (χ3n) is 5.53. The fourth-order valence-corrected chi connectivity index (χ4v) is 3.91. The smallest absolute Gasteiger partial charge is 0.317 e. The Bertz CT molecular complexity index is 755. The summed E-state index contributed by atoms with van der Waals surface area (Å²) in [5.74, 6) is 1.89. The van der Waals surface area contributed by atoms with Crippen LogP contribution in [0, 0.1) is 5.92 Å². The van der Waals surface area contributed by atoms with Crippen molar-refractivity contribution in [3.05, 3.63) is 42.5 Å². The molecule has 2 aromatic rings. The van der Waals surface area contributed by atoms with E-state index >= 15 is 0 Å². The minimum atomic E-state index is 0.0752. The average molecular weight is 369 g/mol. The first-order valence-electron chi connectivity index (χ1n) is 9.83. The summed E-state index contributed by atoms with van der Waals surface area (Å²) >= 11 is 0. The molecule has 1 aliphatic carbocycles. The zero-order valence-corrected chi connectivity index (χ0v) is 15.8. The maximum absolute atomic E-state index is 12.6. The van der Waals surface area contributed by atoms with Gasteiger partial charge in [-0.1, -0.05) is 12.1 Å². The van der Waals surface area contributed by atoms with E-state index in [0.717, 1.165) is 44.6 Å². The second-order valence-electron chi connectivity index (χ2n) is 7.49. The molecule has 0 spiro atoms. The SMILES string of the molecule is CCOc1cccc([C@@H]2C[C@H]2NC(=O)N2CCC(Cn3cnnc3)CC2)c1. The monoisotopic (exact) mass is 369 g/mol. The second kappa shape index (κ2) is 7.98. The molecule has 27 heavy (non-hydrogen) atoms. The first-order chi connectivity index (χ1) is 13.2. The third kappa shape index (κ3) is 4.40. The van der Waals surface area contributed by atoms with Gasteiger partial charge in [0.25, 0.3) is 0 Å². The van der Waals surface area contributed by atoms with E-state index < -0.39 is 0 Å². The summed E-state index contributed by atoms with van der Waals surface area (Å²) in [6, 6.07) is 8.54. The fourth-order valence-electron chi connectivity index (χ4n) is 3.91. The van der Waals surface area contributed by atoms with Crippen LogP contribution >= 0.6 is 0 Å². The van der Waals surface area contributed by atoms with Crippen LogP contribution in [0.4, 0.5) is 4.79 Å². The van der Waals surface area contributed by atoms with Crippen LogP contribution in [0.1, 0.15) is 37.7 Å². The highest BCUT2D eigenvalue weighted by Crippen LogP contribution is 2.41. The Morgan fingerprint density at radius 3 is 2.78 bits per heavy atom. The van der Waals surface area contributed by atoms with Crippen LogP contribution in [-0.4, -0.2) is 51.4 Å².